The van der Waals surface area contributed by atoms with Gasteiger partial charge < -0.3 is 4.90 Å². The monoisotopic (exact) mass is 433 g/mol. The van der Waals surface area contributed by atoms with E-state index in [1.807, 2.05) is 4.90 Å². The zero-order valence-electron chi connectivity index (χ0n) is 18.9. The number of piperidine rings is 1. The van der Waals surface area contributed by atoms with Gasteiger partial charge in [-0.2, -0.15) is 0 Å². The highest BCUT2D eigenvalue weighted by Gasteiger charge is 2.24. The van der Waals surface area contributed by atoms with Crippen LogP contribution < -0.4 is 11.2 Å². The number of aromatic nitrogens is 2. The summed E-state index contributed by atoms with van der Waals surface area (Å²) in [4.78, 5) is 40.4. The summed E-state index contributed by atoms with van der Waals surface area (Å²) in [5, 5.41) is 0.469. The van der Waals surface area contributed by atoms with Crippen LogP contribution >= 0.6 is 0 Å². The van der Waals surface area contributed by atoms with E-state index in [0.717, 1.165) is 38.8 Å². The fourth-order valence-corrected chi connectivity index (χ4v) is 4.63. The number of amides is 1. The quantitative estimate of drug-likeness (QED) is 0.599. The largest absolute Gasteiger partial charge is 0.341 e. The molecule has 0 radical (unpaired) electrons. The fraction of sp³-hybridized carbons (Fsp3) is 0.423. The molecule has 1 aromatic heterocycles. The molecule has 4 rings (SSSR count). The lowest BCUT2D eigenvalue weighted by Crippen LogP contribution is -2.45. The second-order valence-electron chi connectivity index (χ2n) is 8.78. The predicted octanol–water partition coefficient (Wildman–Crippen LogP) is 3.36. The topological polar surface area (TPSA) is 64.3 Å². The van der Waals surface area contributed by atoms with Crippen LogP contribution in [0.2, 0.25) is 0 Å². The van der Waals surface area contributed by atoms with E-state index < -0.39 is 5.69 Å². The van der Waals surface area contributed by atoms with Crippen molar-refractivity contribution in [1.82, 2.24) is 14.0 Å². The zero-order chi connectivity index (χ0) is 22.7. The number of hydrogen-bond donors (Lipinski definition) is 0. The van der Waals surface area contributed by atoms with E-state index in [2.05, 4.69) is 31.2 Å². The highest BCUT2D eigenvalue weighted by molar-refractivity contribution is 5.81. The fourth-order valence-electron chi connectivity index (χ4n) is 4.63. The molecular formula is C26H31N3O3. The molecule has 1 fully saturated rings. The van der Waals surface area contributed by atoms with E-state index in [9.17, 15) is 14.4 Å². The van der Waals surface area contributed by atoms with Crippen molar-refractivity contribution >= 4 is 16.8 Å². The Morgan fingerprint density at radius 1 is 0.969 bits per heavy atom. The van der Waals surface area contributed by atoms with Crippen molar-refractivity contribution in [2.24, 2.45) is 5.92 Å². The van der Waals surface area contributed by atoms with Crippen molar-refractivity contribution in [2.75, 3.05) is 13.1 Å². The molecule has 1 saturated heterocycles. The Balaban J connectivity index is 1.41. The highest BCUT2D eigenvalue weighted by atomic mass is 16.2. The SMILES string of the molecule is CCn1c(=O)c2ccccc2n(CC(=O)N2CCC(CCc3ccc(C)cc3)CC2)c1=O. The van der Waals surface area contributed by atoms with Crippen molar-refractivity contribution in [3.8, 4) is 0 Å². The smallest absolute Gasteiger partial charge is 0.331 e. The number of hydrogen-bond acceptors (Lipinski definition) is 3. The summed E-state index contributed by atoms with van der Waals surface area (Å²) in [5.74, 6) is 0.557. The highest BCUT2D eigenvalue weighted by Crippen LogP contribution is 2.23. The summed E-state index contributed by atoms with van der Waals surface area (Å²) in [6.45, 7) is 5.56. The molecule has 1 amide bonds. The molecule has 0 bridgehead atoms. The Morgan fingerprint density at radius 2 is 1.66 bits per heavy atom. The van der Waals surface area contributed by atoms with Gasteiger partial charge in [-0.05, 0) is 63.1 Å². The Bertz CT molecular complexity index is 1220. The van der Waals surface area contributed by atoms with Crippen LogP contribution in [-0.4, -0.2) is 33.0 Å². The van der Waals surface area contributed by atoms with Crippen LogP contribution in [0.5, 0.6) is 0 Å². The third kappa shape index (κ3) is 4.54. The maximum atomic E-state index is 13.0. The third-order valence-electron chi connectivity index (χ3n) is 6.67. The predicted molar refractivity (Wildman–Crippen MR) is 127 cm³/mol. The molecule has 2 heterocycles. The maximum Gasteiger partial charge on any atom is 0.331 e. The van der Waals surface area contributed by atoms with Crippen LogP contribution in [0.1, 0.15) is 37.3 Å². The third-order valence-corrected chi connectivity index (χ3v) is 6.67. The molecule has 32 heavy (non-hydrogen) atoms. The molecule has 2 aromatic carbocycles. The number of para-hydroxylation sites is 1. The Morgan fingerprint density at radius 3 is 2.34 bits per heavy atom. The minimum Gasteiger partial charge on any atom is -0.341 e. The van der Waals surface area contributed by atoms with Gasteiger partial charge in [-0.25, -0.2) is 4.79 Å². The van der Waals surface area contributed by atoms with E-state index >= 15 is 0 Å². The normalized spacial score (nSPS) is 14.8. The first-order valence-corrected chi connectivity index (χ1v) is 11.5. The van der Waals surface area contributed by atoms with E-state index in [-0.39, 0.29) is 24.6 Å². The molecule has 0 saturated carbocycles. The second kappa shape index (κ2) is 9.55. The van der Waals surface area contributed by atoms with E-state index in [1.54, 1.807) is 31.2 Å². The lowest BCUT2D eigenvalue weighted by atomic mass is 9.90. The Labute approximate surface area is 188 Å². The van der Waals surface area contributed by atoms with Crippen LogP contribution in [0, 0.1) is 12.8 Å². The molecular weight excluding hydrogens is 402 g/mol. The van der Waals surface area contributed by atoms with Crippen LogP contribution in [0.3, 0.4) is 0 Å². The van der Waals surface area contributed by atoms with Crippen molar-refractivity contribution in [1.29, 1.82) is 0 Å². The van der Waals surface area contributed by atoms with E-state index in [0.29, 0.717) is 16.8 Å². The number of carbonyl (C=O) groups is 1. The molecule has 6 heteroatoms. The number of nitrogens with zero attached hydrogens (tertiary/aromatic N) is 3. The summed E-state index contributed by atoms with van der Waals surface area (Å²) in [6, 6.07) is 15.7. The van der Waals surface area contributed by atoms with Crippen molar-refractivity contribution < 1.29 is 4.79 Å². The first kappa shape index (κ1) is 22.1. The Hall–Kier alpha value is -3.15. The first-order valence-electron chi connectivity index (χ1n) is 11.5. The van der Waals surface area contributed by atoms with Crippen molar-refractivity contribution in [3.05, 3.63) is 80.5 Å². The number of benzene rings is 2. The minimum atomic E-state index is -0.419. The van der Waals surface area contributed by atoms with Gasteiger partial charge in [-0.1, -0.05) is 42.0 Å². The van der Waals surface area contributed by atoms with Gasteiger partial charge in [0.1, 0.15) is 6.54 Å². The molecule has 1 aliphatic heterocycles. The molecule has 0 N–H and O–H groups in total. The van der Waals surface area contributed by atoms with E-state index in [4.69, 9.17) is 0 Å². The number of aryl methyl sites for hydroxylation is 2. The molecule has 3 aromatic rings. The zero-order valence-corrected chi connectivity index (χ0v) is 18.9. The van der Waals surface area contributed by atoms with Crippen LogP contribution in [0.4, 0.5) is 0 Å². The van der Waals surface area contributed by atoms with Gasteiger partial charge in [0.25, 0.3) is 5.56 Å². The first-order chi connectivity index (χ1) is 15.5. The van der Waals surface area contributed by atoms with Gasteiger partial charge in [0.05, 0.1) is 10.9 Å². The lowest BCUT2D eigenvalue weighted by Gasteiger charge is -2.32. The van der Waals surface area contributed by atoms with Gasteiger partial charge in [-0.3, -0.25) is 18.7 Å². The number of rotatable bonds is 6. The maximum absolute atomic E-state index is 13.0. The number of fused-ring (bicyclic) bond motifs is 1. The summed E-state index contributed by atoms with van der Waals surface area (Å²) in [7, 11) is 0. The van der Waals surface area contributed by atoms with Gasteiger partial charge in [0.15, 0.2) is 0 Å². The van der Waals surface area contributed by atoms with Gasteiger partial charge in [0, 0.05) is 19.6 Å². The summed E-state index contributed by atoms with van der Waals surface area (Å²) in [6.07, 6.45) is 4.18. The standard InChI is InChI=1S/C26H31N3O3/c1-3-28-25(31)22-6-4-5-7-23(22)29(26(28)32)18-24(30)27-16-14-21(15-17-27)13-12-20-10-8-19(2)9-11-20/h4-11,21H,3,12-18H2,1-2H3. The van der Waals surface area contributed by atoms with Gasteiger partial charge in [-0.15, -0.1) is 0 Å². The molecule has 0 unspecified atom stereocenters. The Kier molecular flexibility index (Phi) is 6.58. The summed E-state index contributed by atoms with van der Waals surface area (Å²) in [5.41, 5.74) is 2.45. The van der Waals surface area contributed by atoms with Gasteiger partial charge >= 0.3 is 5.69 Å². The second-order valence-corrected chi connectivity index (χ2v) is 8.78. The number of carbonyl (C=O) groups excluding carboxylic acids is 1. The lowest BCUT2D eigenvalue weighted by molar-refractivity contribution is -0.133. The van der Waals surface area contributed by atoms with Crippen LogP contribution in [-0.2, 0) is 24.3 Å². The van der Waals surface area contributed by atoms with E-state index in [1.165, 1.54) is 20.3 Å². The number of likely N-dealkylation sites (tertiary alicyclic amines) is 1. The average Bonchev–Trinajstić information content (AvgIpc) is 2.82. The molecule has 0 atom stereocenters. The molecule has 0 aliphatic carbocycles. The molecule has 168 valence electrons. The molecule has 6 nitrogen and oxygen atoms in total. The van der Waals surface area contributed by atoms with Gasteiger partial charge in [0.2, 0.25) is 5.91 Å². The van der Waals surface area contributed by atoms with Crippen LogP contribution in [0.15, 0.2) is 58.1 Å². The van der Waals surface area contributed by atoms with Crippen molar-refractivity contribution in [3.63, 3.8) is 0 Å². The summed E-state index contributed by atoms with van der Waals surface area (Å²) >= 11 is 0. The molecule has 0 spiro atoms. The van der Waals surface area contributed by atoms with Crippen LogP contribution in [0.25, 0.3) is 10.9 Å². The minimum absolute atomic E-state index is 0.0341. The van der Waals surface area contributed by atoms with Crippen molar-refractivity contribution in [2.45, 2.75) is 52.6 Å². The summed E-state index contributed by atoms with van der Waals surface area (Å²) < 4.78 is 2.65. The average molecular weight is 434 g/mol. The molecule has 1 aliphatic rings.